The second-order valence-corrected chi connectivity index (χ2v) is 5.00. The molecule has 17 heavy (non-hydrogen) atoms. The third-order valence-electron chi connectivity index (χ3n) is 4.03. The van der Waals surface area contributed by atoms with Crippen LogP contribution in [0.5, 0.6) is 0 Å². The molecule has 2 rings (SSSR count). The van der Waals surface area contributed by atoms with Crippen molar-refractivity contribution >= 4 is 0 Å². The van der Waals surface area contributed by atoms with Gasteiger partial charge in [0.2, 0.25) is 0 Å². The number of nitrogens with zero attached hydrogens (tertiary/aromatic N) is 1. The maximum atomic E-state index is 5.21. The summed E-state index contributed by atoms with van der Waals surface area (Å²) < 4.78 is 5.21. The first-order valence-electron chi connectivity index (χ1n) is 6.77. The molecule has 1 aromatic heterocycles. The van der Waals surface area contributed by atoms with E-state index in [2.05, 4.69) is 37.1 Å². The maximum absolute atomic E-state index is 5.21. The molecule has 96 valence electrons. The van der Waals surface area contributed by atoms with E-state index in [1.807, 2.05) is 6.26 Å². The molecular formula is C14H24N2O. The smallest absolute Gasteiger partial charge is 0.0950 e. The van der Waals surface area contributed by atoms with Crippen molar-refractivity contribution in [2.24, 2.45) is 0 Å². The summed E-state index contributed by atoms with van der Waals surface area (Å²) in [5, 5.41) is 3.63. The van der Waals surface area contributed by atoms with E-state index in [1.54, 1.807) is 6.26 Å². The van der Waals surface area contributed by atoms with Gasteiger partial charge in [-0.25, -0.2) is 0 Å². The van der Waals surface area contributed by atoms with Crippen LogP contribution < -0.4 is 5.32 Å². The van der Waals surface area contributed by atoms with E-state index in [9.17, 15) is 0 Å². The molecule has 1 N–H and O–H groups in total. The fraction of sp³-hybridized carbons (Fsp3) is 0.714. The minimum absolute atomic E-state index is 0.454. The van der Waals surface area contributed by atoms with Gasteiger partial charge in [0.25, 0.3) is 0 Å². The number of nitrogens with one attached hydrogen (secondary N) is 1. The molecule has 2 heterocycles. The van der Waals surface area contributed by atoms with Gasteiger partial charge in [0.05, 0.1) is 12.5 Å². The van der Waals surface area contributed by atoms with E-state index in [-0.39, 0.29) is 0 Å². The van der Waals surface area contributed by atoms with E-state index < -0.39 is 0 Å². The Balaban J connectivity index is 2.09. The first-order valence-corrected chi connectivity index (χ1v) is 6.77. The molecule has 0 aliphatic carbocycles. The molecule has 0 amide bonds. The molecular weight excluding hydrogens is 212 g/mol. The fourth-order valence-corrected chi connectivity index (χ4v) is 2.72. The number of piperazine rings is 1. The van der Waals surface area contributed by atoms with Gasteiger partial charge in [0, 0.05) is 36.8 Å². The molecule has 1 saturated heterocycles. The van der Waals surface area contributed by atoms with Crippen molar-refractivity contribution in [3.05, 3.63) is 24.2 Å². The summed E-state index contributed by atoms with van der Waals surface area (Å²) in [5.41, 5.74) is 1.29. The SMILES string of the molecule is CCC1CN(C(C)c2ccoc2)C(CC)CN1. The fourth-order valence-electron chi connectivity index (χ4n) is 2.72. The van der Waals surface area contributed by atoms with E-state index in [4.69, 9.17) is 4.42 Å². The van der Waals surface area contributed by atoms with E-state index >= 15 is 0 Å². The van der Waals surface area contributed by atoms with Gasteiger partial charge in [-0.05, 0) is 25.8 Å². The van der Waals surface area contributed by atoms with Gasteiger partial charge < -0.3 is 9.73 Å². The average molecular weight is 236 g/mol. The van der Waals surface area contributed by atoms with Crippen LogP contribution in [0, 0.1) is 0 Å². The predicted octanol–water partition coefficient (Wildman–Crippen LogP) is 2.80. The lowest BCUT2D eigenvalue weighted by Gasteiger charge is -2.43. The van der Waals surface area contributed by atoms with Crippen LogP contribution in [0.3, 0.4) is 0 Å². The molecule has 3 nitrogen and oxygen atoms in total. The largest absolute Gasteiger partial charge is 0.472 e. The van der Waals surface area contributed by atoms with Crippen molar-refractivity contribution in [2.45, 2.75) is 51.7 Å². The molecule has 0 radical (unpaired) electrons. The summed E-state index contributed by atoms with van der Waals surface area (Å²) in [7, 11) is 0. The predicted molar refractivity (Wildman–Crippen MR) is 70.0 cm³/mol. The average Bonchev–Trinajstić information content (AvgIpc) is 2.91. The molecule has 1 fully saturated rings. The van der Waals surface area contributed by atoms with Crippen LogP contribution in [0.25, 0.3) is 0 Å². The van der Waals surface area contributed by atoms with Gasteiger partial charge >= 0.3 is 0 Å². The minimum atomic E-state index is 0.454. The third-order valence-corrected chi connectivity index (χ3v) is 4.03. The Morgan fingerprint density at radius 2 is 2.29 bits per heavy atom. The highest BCUT2D eigenvalue weighted by Crippen LogP contribution is 2.26. The van der Waals surface area contributed by atoms with Crippen molar-refractivity contribution in [2.75, 3.05) is 13.1 Å². The Hall–Kier alpha value is -0.800. The molecule has 0 saturated carbocycles. The molecule has 1 aliphatic heterocycles. The Bertz CT molecular complexity index is 323. The molecule has 3 atom stereocenters. The molecule has 0 aromatic carbocycles. The van der Waals surface area contributed by atoms with Gasteiger partial charge in [-0.1, -0.05) is 13.8 Å². The van der Waals surface area contributed by atoms with Gasteiger partial charge in [-0.3, -0.25) is 4.90 Å². The zero-order valence-corrected chi connectivity index (χ0v) is 11.1. The van der Waals surface area contributed by atoms with Gasteiger partial charge in [0.1, 0.15) is 0 Å². The highest BCUT2D eigenvalue weighted by atomic mass is 16.3. The summed E-state index contributed by atoms with van der Waals surface area (Å²) in [6.45, 7) is 9.06. The zero-order valence-electron chi connectivity index (χ0n) is 11.1. The highest BCUT2D eigenvalue weighted by Gasteiger charge is 2.30. The van der Waals surface area contributed by atoms with E-state index in [0.29, 0.717) is 18.1 Å². The monoisotopic (exact) mass is 236 g/mol. The van der Waals surface area contributed by atoms with Gasteiger partial charge in [-0.15, -0.1) is 0 Å². The minimum Gasteiger partial charge on any atom is -0.472 e. The van der Waals surface area contributed by atoms with Crippen LogP contribution in [-0.2, 0) is 0 Å². The van der Waals surface area contributed by atoms with Crippen LogP contribution in [0.2, 0.25) is 0 Å². The second-order valence-electron chi connectivity index (χ2n) is 5.00. The summed E-state index contributed by atoms with van der Waals surface area (Å²) in [6, 6.07) is 3.81. The van der Waals surface area contributed by atoms with E-state index in [0.717, 1.165) is 13.1 Å². The lowest BCUT2D eigenvalue weighted by atomic mass is 10.0. The first kappa shape index (κ1) is 12.7. The van der Waals surface area contributed by atoms with Crippen molar-refractivity contribution in [3.8, 4) is 0 Å². The first-order chi connectivity index (χ1) is 8.26. The molecule has 0 bridgehead atoms. The Morgan fingerprint density at radius 3 is 2.88 bits per heavy atom. The Labute approximate surface area is 104 Å². The summed E-state index contributed by atoms with van der Waals surface area (Å²) in [6.07, 6.45) is 6.04. The molecule has 1 aromatic rings. The van der Waals surface area contributed by atoms with E-state index in [1.165, 1.54) is 18.4 Å². The quantitative estimate of drug-likeness (QED) is 0.871. The standard InChI is InChI=1S/C14H24N2O/c1-4-13-9-16(14(5-2)8-15-13)11(3)12-6-7-17-10-12/h6-7,10-11,13-15H,4-5,8-9H2,1-3H3. The molecule has 0 spiro atoms. The lowest BCUT2D eigenvalue weighted by Crippen LogP contribution is -2.56. The Kier molecular flexibility index (Phi) is 4.24. The van der Waals surface area contributed by atoms with Crippen molar-refractivity contribution < 1.29 is 4.42 Å². The maximum Gasteiger partial charge on any atom is 0.0950 e. The lowest BCUT2D eigenvalue weighted by molar-refractivity contribution is 0.0847. The number of hydrogen-bond donors (Lipinski definition) is 1. The normalized spacial score (nSPS) is 28.2. The van der Waals surface area contributed by atoms with Gasteiger partial charge in [-0.2, -0.15) is 0 Å². The molecule has 3 heteroatoms. The molecule has 1 aliphatic rings. The van der Waals surface area contributed by atoms with Crippen molar-refractivity contribution in [3.63, 3.8) is 0 Å². The number of hydrogen-bond acceptors (Lipinski definition) is 3. The van der Waals surface area contributed by atoms with Crippen LogP contribution in [0.4, 0.5) is 0 Å². The topological polar surface area (TPSA) is 28.4 Å². The van der Waals surface area contributed by atoms with Crippen LogP contribution in [0.15, 0.2) is 23.0 Å². The molecule has 3 unspecified atom stereocenters. The van der Waals surface area contributed by atoms with Crippen LogP contribution >= 0.6 is 0 Å². The van der Waals surface area contributed by atoms with Gasteiger partial charge in [0.15, 0.2) is 0 Å². The third kappa shape index (κ3) is 2.72. The van der Waals surface area contributed by atoms with Crippen molar-refractivity contribution in [1.29, 1.82) is 0 Å². The van der Waals surface area contributed by atoms with Crippen molar-refractivity contribution in [1.82, 2.24) is 10.2 Å². The Morgan fingerprint density at radius 1 is 1.47 bits per heavy atom. The van der Waals surface area contributed by atoms with Crippen LogP contribution in [-0.4, -0.2) is 30.1 Å². The highest BCUT2D eigenvalue weighted by molar-refractivity contribution is 5.12. The second kappa shape index (κ2) is 5.69. The number of furan rings is 1. The summed E-state index contributed by atoms with van der Waals surface area (Å²) in [4.78, 5) is 2.62. The summed E-state index contributed by atoms with van der Waals surface area (Å²) >= 11 is 0. The summed E-state index contributed by atoms with van der Waals surface area (Å²) in [5.74, 6) is 0. The van der Waals surface area contributed by atoms with Crippen LogP contribution in [0.1, 0.15) is 45.2 Å². The zero-order chi connectivity index (χ0) is 12.3. The number of rotatable bonds is 4.